The zero-order valence-corrected chi connectivity index (χ0v) is 15.3. The van der Waals surface area contributed by atoms with Gasteiger partial charge >= 0.3 is 0 Å². The van der Waals surface area contributed by atoms with Crippen molar-refractivity contribution in [2.75, 3.05) is 11.9 Å². The molecule has 0 radical (unpaired) electrons. The number of aromatic nitrogens is 4. The Bertz CT molecular complexity index is 1020. The third kappa shape index (κ3) is 2.96. The summed E-state index contributed by atoms with van der Waals surface area (Å²) in [6, 6.07) is 1.46. The Hall–Kier alpha value is -2.76. The second kappa shape index (κ2) is 5.90. The predicted molar refractivity (Wildman–Crippen MR) is 101 cm³/mol. The van der Waals surface area contributed by atoms with Crippen LogP contribution in [0.15, 0.2) is 31.2 Å². The van der Waals surface area contributed by atoms with Gasteiger partial charge in [-0.25, -0.2) is 19.3 Å². The van der Waals surface area contributed by atoms with E-state index in [1.807, 2.05) is 20.0 Å². The lowest BCUT2D eigenvalue weighted by molar-refractivity contribution is 0.607. The van der Waals surface area contributed by atoms with E-state index in [0.29, 0.717) is 28.1 Å². The number of anilines is 1. The third-order valence-corrected chi connectivity index (χ3v) is 5.18. The summed E-state index contributed by atoms with van der Waals surface area (Å²) in [6.45, 7) is 11.1. The minimum absolute atomic E-state index is 0.320. The summed E-state index contributed by atoms with van der Waals surface area (Å²) in [7, 11) is 0. The van der Waals surface area contributed by atoms with Crippen LogP contribution >= 0.6 is 0 Å². The highest BCUT2D eigenvalue weighted by molar-refractivity contribution is 5.79. The van der Waals surface area contributed by atoms with Crippen LogP contribution in [0.25, 0.3) is 11.2 Å². The summed E-state index contributed by atoms with van der Waals surface area (Å²) in [5, 5.41) is 3.31. The van der Waals surface area contributed by atoms with Crippen molar-refractivity contribution < 1.29 is 4.39 Å². The van der Waals surface area contributed by atoms with E-state index in [4.69, 9.17) is 0 Å². The van der Waals surface area contributed by atoms with Gasteiger partial charge in [0.1, 0.15) is 0 Å². The number of imidazole rings is 1. The van der Waals surface area contributed by atoms with Gasteiger partial charge in [0.15, 0.2) is 11.5 Å². The lowest BCUT2D eigenvalue weighted by Crippen LogP contribution is -2.14. The first-order valence-electron chi connectivity index (χ1n) is 8.77. The van der Waals surface area contributed by atoms with E-state index in [1.54, 1.807) is 16.8 Å². The number of pyridine rings is 1. The van der Waals surface area contributed by atoms with Crippen LogP contribution in [0.5, 0.6) is 0 Å². The SMILES string of the molecule is C=C(c1cc(F)c2ncc(C)n2c1)c1cnc(NCC2(C)CC2)nc1C. The maximum Gasteiger partial charge on any atom is 0.222 e. The second-order valence-electron chi connectivity index (χ2n) is 7.51. The first kappa shape index (κ1) is 16.7. The molecule has 3 aromatic rings. The highest BCUT2D eigenvalue weighted by Gasteiger charge is 2.36. The molecule has 1 fully saturated rings. The van der Waals surface area contributed by atoms with Crippen LogP contribution < -0.4 is 5.32 Å². The van der Waals surface area contributed by atoms with Crippen LogP contribution in [0.4, 0.5) is 10.3 Å². The van der Waals surface area contributed by atoms with Crippen molar-refractivity contribution in [1.82, 2.24) is 19.4 Å². The van der Waals surface area contributed by atoms with Crippen molar-refractivity contribution in [2.45, 2.75) is 33.6 Å². The van der Waals surface area contributed by atoms with E-state index in [2.05, 4.69) is 33.8 Å². The zero-order chi connectivity index (χ0) is 18.5. The Morgan fingerprint density at radius 3 is 2.77 bits per heavy atom. The van der Waals surface area contributed by atoms with Gasteiger partial charge in [0.05, 0.1) is 5.69 Å². The average molecular weight is 351 g/mol. The molecule has 0 spiro atoms. The van der Waals surface area contributed by atoms with E-state index < -0.39 is 0 Å². The van der Waals surface area contributed by atoms with Crippen molar-refractivity contribution in [1.29, 1.82) is 0 Å². The average Bonchev–Trinajstić information content (AvgIpc) is 3.23. The minimum atomic E-state index is -0.369. The highest BCUT2D eigenvalue weighted by atomic mass is 19.1. The quantitative estimate of drug-likeness (QED) is 0.750. The van der Waals surface area contributed by atoms with Gasteiger partial charge in [0.25, 0.3) is 0 Å². The molecule has 0 atom stereocenters. The molecular weight excluding hydrogens is 329 g/mol. The van der Waals surface area contributed by atoms with E-state index in [-0.39, 0.29) is 5.82 Å². The summed E-state index contributed by atoms with van der Waals surface area (Å²) in [5.41, 5.74) is 4.58. The van der Waals surface area contributed by atoms with Gasteiger partial charge in [-0.05, 0) is 43.7 Å². The van der Waals surface area contributed by atoms with Gasteiger partial charge in [0, 0.05) is 42.0 Å². The first-order chi connectivity index (χ1) is 12.4. The zero-order valence-electron chi connectivity index (χ0n) is 15.3. The summed E-state index contributed by atoms with van der Waals surface area (Å²) < 4.78 is 16.1. The molecule has 0 aromatic carbocycles. The molecule has 0 amide bonds. The smallest absolute Gasteiger partial charge is 0.222 e. The van der Waals surface area contributed by atoms with E-state index in [1.165, 1.54) is 18.9 Å². The largest absolute Gasteiger partial charge is 0.354 e. The number of hydrogen-bond acceptors (Lipinski definition) is 4. The van der Waals surface area contributed by atoms with Crippen LogP contribution in [0.1, 0.15) is 42.3 Å². The number of aryl methyl sites for hydroxylation is 2. The molecule has 1 aliphatic rings. The van der Waals surface area contributed by atoms with E-state index >= 15 is 0 Å². The van der Waals surface area contributed by atoms with Crippen LogP contribution in [0.3, 0.4) is 0 Å². The van der Waals surface area contributed by atoms with Crippen LogP contribution in [0, 0.1) is 25.1 Å². The van der Waals surface area contributed by atoms with Crippen LogP contribution in [-0.4, -0.2) is 25.9 Å². The topological polar surface area (TPSA) is 55.1 Å². The first-order valence-corrected chi connectivity index (χ1v) is 8.77. The molecule has 26 heavy (non-hydrogen) atoms. The van der Waals surface area contributed by atoms with Gasteiger partial charge in [-0.3, -0.25) is 0 Å². The molecule has 134 valence electrons. The molecule has 5 nitrogen and oxygen atoms in total. The monoisotopic (exact) mass is 351 g/mol. The van der Waals surface area contributed by atoms with Gasteiger partial charge in [-0.1, -0.05) is 13.5 Å². The number of hydrogen-bond donors (Lipinski definition) is 1. The normalized spacial score (nSPS) is 15.2. The number of nitrogens with zero attached hydrogens (tertiary/aromatic N) is 4. The number of rotatable bonds is 5. The summed E-state index contributed by atoms with van der Waals surface area (Å²) >= 11 is 0. The summed E-state index contributed by atoms with van der Waals surface area (Å²) in [5.74, 6) is 0.255. The number of halogens is 1. The fourth-order valence-corrected chi connectivity index (χ4v) is 3.01. The highest BCUT2D eigenvalue weighted by Crippen LogP contribution is 2.44. The Kier molecular flexibility index (Phi) is 3.79. The standard InChI is InChI=1S/C20H22FN5/c1-12-8-22-18-17(21)7-15(10-26(12)18)13(2)16-9-23-19(25-14(16)3)24-11-20(4)5-6-20/h7-10H,2,5-6,11H2,1,3-4H3,(H,23,24,25). The van der Waals surface area contributed by atoms with Crippen molar-refractivity contribution in [3.63, 3.8) is 0 Å². The molecule has 0 saturated heterocycles. The second-order valence-corrected chi connectivity index (χ2v) is 7.51. The molecule has 1 aliphatic carbocycles. The van der Waals surface area contributed by atoms with Crippen molar-refractivity contribution in [3.05, 3.63) is 59.6 Å². The molecule has 3 aromatic heterocycles. The molecule has 1 saturated carbocycles. The Balaban J connectivity index is 1.62. The van der Waals surface area contributed by atoms with Gasteiger partial charge in [0.2, 0.25) is 5.95 Å². The maximum atomic E-state index is 14.4. The summed E-state index contributed by atoms with van der Waals surface area (Å²) in [4.78, 5) is 13.1. The molecule has 6 heteroatoms. The Morgan fingerprint density at radius 2 is 2.08 bits per heavy atom. The Morgan fingerprint density at radius 1 is 1.31 bits per heavy atom. The molecule has 0 unspecified atom stereocenters. The van der Waals surface area contributed by atoms with E-state index in [9.17, 15) is 4.39 Å². The Labute approximate surface area is 152 Å². The van der Waals surface area contributed by atoms with Crippen molar-refractivity contribution >= 4 is 17.2 Å². The van der Waals surface area contributed by atoms with Gasteiger partial charge in [-0.15, -0.1) is 0 Å². The molecule has 0 bridgehead atoms. The van der Waals surface area contributed by atoms with Crippen LogP contribution in [0.2, 0.25) is 0 Å². The molecule has 0 aliphatic heterocycles. The number of fused-ring (bicyclic) bond motifs is 1. The van der Waals surface area contributed by atoms with E-state index in [0.717, 1.165) is 23.5 Å². The molecular formula is C20H22FN5. The fourth-order valence-electron chi connectivity index (χ4n) is 3.01. The summed E-state index contributed by atoms with van der Waals surface area (Å²) in [6.07, 6.45) is 7.75. The predicted octanol–water partition coefficient (Wildman–Crippen LogP) is 4.15. The lowest BCUT2D eigenvalue weighted by Gasteiger charge is -2.13. The van der Waals surface area contributed by atoms with Gasteiger partial charge < -0.3 is 9.72 Å². The van der Waals surface area contributed by atoms with Crippen LogP contribution in [-0.2, 0) is 0 Å². The number of nitrogens with one attached hydrogen (secondary N) is 1. The molecule has 3 heterocycles. The van der Waals surface area contributed by atoms with Crippen molar-refractivity contribution in [3.8, 4) is 0 Å². The minimum Gasteiger partial charge on any atom is -0.354 e. The lowest BCUT2D eigenvalue weighted by atomic mass is 10.0. The molecule has 1 N–H and O–H groups in total. The van der Waals surface area contributed by atoms with Crippen molar-refractivity contribution in [2.24, 2.45) is 5.41 Å². The maximum absolute atomic E-state index is 14.4. The fraction of sp³-hybridized carbons (Fsp3) is 0.350. The van der Waals surface area contributed by atoms with Gasteiger partial charge in [-0.2, -0.15) is 0 Å². The third-order valence-electron chi connectivity index (χ3n) is 5.18. The molecule has 4 rings (SSSR count).